The molecule has 0 aromatic heterocycles. The van der Waals surface area contributed by atoms with Crippen molar-refractivity contribution < 1.29 is 19.2 Å². The van der Waals surface area contributed by atoms with E-state index in [9.17, 15) is 19.7 Å². The van der Waals surface area contributed by atoms with Gasteiger partial charge in [0.25, 0.3) is 5.69 Å². The zero-order valence-corrected chi connectivity index (χ0v) is 11.4. The Morgan fingerprint density at radius 1 is 1.14 bits per heavy atom. The lowest BCUT2D eigenvalue weighted by atomic mass is 9.89. The Kier molecular flexibility index (Phi) is 3.42. The summed E-state index contributed by atoms with van der Waals surface area (Å²) in [5.41, 5.74) is 0.947. The van der Waals surface area contributed by atoms with Crippen molar-refractivity contribution in [2.45, 2.75) is 6.42 Å². The van der Waals surface area contributed by atoms with Crippen LogP contribution in [0.15, 0.2) is 48.5 Å². The third-order valence-corrected chi connectivity index (χ3v) is 3.57. The number of non-ortho nitro benzene ring substituents is 1. The number of fused-ring (bicyclic) bond motifs is 1. The fourth-order valence-corrected chi connectivity index (χ4v) is 2.40. The SMILES string of the molecule is O=C1Oc2ccccc2CC1C(=O)c1ccc([N+](=O)[O-])cc1. The summed E-state index contributed by atoms with van der Waals surface area (Å²) in [6.45, 7) is 0. The Morgan fingerprint density at radius 3 is 2.50 bits per heavy atom. The number of para-hydroxylation sites is 1. The number of nitro benzene ring substituents is 1. The van der Waals surface area contributed by atoms with Gasteiger partial charge in [-0.3, -0.25) is 19.7 Å². The van der Waals surface area contributed by atoms with Crippen molar-refractivity contribution in [2.24, 2.45) is 5.92 Å². The molecule has 0 N–H and O–H groups in total. The number of ketones is 1. The molecule has 0 saturated carbocycles. The van der Waals surface area contributed by atoms with Crippen molar-refractivity contribution in [1.29, 1.82) is 0 Å². The molecule has 0 spiro atoms. The van der Waals surface area contributed by atoms with E-state index in [1.165, 1.54) is 24.3 Å². The minimum Gasteiger partial charge on any atom is -0.426 e. The van der Waals surface area contributed by atoms with Gasteiger partial charge in [-0.05, 0) is 30.2 Å². The van der Waals surface area contributed by atoms with Crippen LogP contribution in [0, 0.1) is 16.0 Å². The highest BCUT2D eigenvalue weighted by Gasteiger charge is 2.34. The number of Topliss-reactive ketones (excluding diaryl/α,β-unsaturated/α-hetero) is 1. The minimum absolute atomic E-state index is 0.104. The molecule has 1 heterocycles. The maximum absolute atomic E-state index is 12.4. The van der Waals surface area contributed by atoms with Crippen LogP contribution in [0.1, 0.15) is 15.9 Å². The number of carbonyl (C=O) groups excluding carboxylic acids is 2. The van der Waals surface area contributed by atoms with Crippen LogP contribution < -0.4 is 4.74 Å². The van der Waals surface area contributed by atoms with Crippen molar-refractivity contribution in [2.75, 3.05) is 0 Å². The molecule has 2 aromatic rings. The predicted octanol–water partition coefficient (Wildman–Crippen LogP) is 2.56. The smallest absolute Gasteiger partial charge is 0.322 e. The minimum atomic E-state index is -0.920. The molecule has 0 aliphatic carbocycles. The van der Waals surface area contributed by atoms with E-state index in [2.05, 4.69) is 0 Å². The molecule has 22 heavy (non-hydrogen) atoms. The molecule has 0 fully saturated rings. The lowest BCUT2D eigenvalue weighted by molar-refractivity contribution is -0.384. The van der Waals surface area contributed by atoms with Gasteiger partial charge in [0.15, 0.2) is 5.78 Å². The number of benzene rings is 2. The topological polar surface area (TPSA) is 86.5 Å². The van der Waals surface area contributed by atoms with Crippen LogP contribution >= 0.6 is 0 Å². The molecule has 1 aliphatic rings. The summed E-state index contributed by atoms with van der Waals surface area (Å²) in [5.74, 6) is -1.44. The van der Waals surface area contributed by atoms with Crippen LogP contribution in [0.2, 0.25) is 0 Å². The monoisotopic (exact) mass is 297 g/mol. The van der Waals surface area contributed by atoms with Gasteiger partial charge in [0.2, 0.25) is 0 Å². The molecular formula is C16H11NO5. The third kappa shape index (κ3) is 2.46. The second-order valence-corrected chi connectivity index (χ2v) is 4.95. The predicted molar refractivity (Wildman–Crippen MR) is 76.7 cm³/mol. The summed E-state index contributed by atoms with van der Waals surface area (Å²) in [4.78, 5) is 34.5. The van der Waals surface area contributed by atoms with Gasteiger partial charge in [-0.2, -0.15) is 0 Å². The highest BCUT2D eigenvalue weighted by atomic mass is 16.6. The first-order chi connectivity index (χ1) is 10.6. The molecule has 6 nitrogen and oxygen atoms in total. The maximum Gasteiger partial charge on any atom is 0.322 e. The number of rotatable bonds is 3. The van der Waals surface area contributed by atoms with Gasteiger partial charge in [0.1, 0.15) is 11.7 Å². The van der Waals surface area contributed by atoms with E-state index in [4.69, 9.17) is 4.74 Å². The van der Waals surface area contributed by atoms with Crippen LogP contribution in [-0.2, 0) is 11.2 Å². The highest BCUT2D eigenvalue weighted by molar-refractivity contribution is 6.09. The molecule has 1 unspecified atom stereocenters. The molecule has 2 aromatic carbocycles. The summed E-state index contributed by atoms with van der Waals surface area (Å²) in [6, 6.07) is 12.3. The Hall–Kier alpha value is -3.02. The van der Waals surface area contributed by atoms with Gasteiger partial charge in [-0.1, -0.05) is 18.2 Å². The molecule has 3 rings (SSSR count). The zero-order valence-electron chi connectivity index (χ0n) is 11.4. The molecule has 0 amide bonds. The number of esters is 1. The lowest BCUT2D eigenvalue weighted by Crippen LogP contribution is -2.33. The second kappa shape index (κ2) is 5.40. The number of hydrogen-bond donors (Lipinski definition) is 0. The fraction of sp³-hybridized carbons (Fsp3) is 0.125. The Balaban J connectivity index is 1.86. The Labute approximate surface area is 125 Å². The highest BCUT2D eigenvalue weighted by Crippen LogP contribution is 2.29. The Morgan fingerprint density at radius 2 is 1.82 bits per heavy atom. The first kappa shape index (κ1) is 13.9. The van der Waals surface area contributed by atoms with E-state index < -0.39 is 22.6 Å². The van der Waals surface area contributed by atoms with E-state index in [0.29, 0.717) is 5.75 Å². The average Bonchev–Trinajstić information content (AvgIpc) is 2.53. The molecule has 1 atom stereocenters. The van der Waals surface area contributed by atoms with Crippen LogP contribution in [0.5, 0.6) is 5.75 Å². The molecule has 0 bridgehead atoms. The molecular weight excluding hydrogens is 286 g/mol. The van der Waals surface area contributed by atoms with Crippen LogP contribution in [-0.4, -0.2) is 16.7 Å². The number of nitro groups is 1. The van der Waals surface area contributed by atoms with E-state index in [-0.39, 0.29) is 17.7 Å². The molecule has 6 heteroatoms. The number of hydrogen-bond acceptors (Lipinski definition) is 5. The quantitative estimate of drug-likeness (QED) is 0.217. The fourth-order valence-electron chi connectivity index (χ4n) is 2.40. The maximum atomic E-state index is 12.4. The van der Waals surface area contributed by atoms with Crippen LogP contribution in [0.25, 0.3) is 0 Å². The van der Waals surface area contributed by atoms with Crippen molar-refractivity contribution >= 4 is 17.4 Å². The summed E-state index contributed by atoms with van der Waals surface area (Å²) < 4.78 is 5.18. The van der Waals surface area contributed by atoms with Gasteiger partial charge < -0.3 is 4.74 Å². The van der Waals surface area contributed by atoms with Crippen molar-refractivity contribution in [1.82, 2.24) is 0 Å². The van der Waals surface area contributed by atoms with E-state index in [1.807, 2.05) is 6.07 Å². The molecule has 0 saturated heterocycles. The number of carbonyl (C=O) groups is 2. The van der Waals surface area contributed by atoms with Crippen LogP contribution in [0.4, 0.5) is 5.69 Å². The summed E-state index contributed by atoms with van der Waals surface area (Å²) in [5, 5.41) is 10.6. The first-order valence-electron chi connectivity index (χ1n) is 6.64. The van der Waals surface area contributed by atoms with Crippen molar-refractivity contribution in [3.05, 3.63) is 69.8 Å². The number of nitrogens with zero attached hydrogens (tertiary/aromatic N) is 1. The standard InChI is InChI=1S/C16H11NO5/c18-15(10-5-7-12(8-6-10)17(20)21)13-9-11-3-1-2-4-14(11)22-16(13)19/h1-8,13H,9H2. The van der Waals surface area contributed by atoms with E-state index >= 15 is 0 Å². The molecule has 0 radical (unpaired) electrons. The van der Waals surface area contributed by atoms with Gasteiger partial charge >= 0.3 is 5.97 Å². The van der Waals surface area contributed by atoms with Crippen molar-refractivity contribution in [3.63, 3.8) is 0 Å². The first-order valence-corrected chi connectivity index (χ1v) is 6.64. The molecule has 110 valence electrons. The largest absolute Gasteiger partial charge is 0.426 e. The second-order valence-electron chi connectivity index (χ2n) is 4.95. The summed E-state index contributed by atoms with van der Waals surface area (Å²) >= 11 is 0. The lowest BCUT2D eigenvalue weighted by Gasteiger charge is -2.22. The molecule has 1 aliphatic heterocycles. The van der Waals surface area contributed by atoms with Crippen molar-refractivity contribution in [3.8, 4) is 5.75 Å². The van der Waals surface area contributed by atoms with Gasteiger partial charge in [0.05, 0.1) is 4.92 Å². The van der Waals surface area contributed by atoms with Crippen LogP contribution in [0.3, 0.4) is 0 Å². The van der Waals surface area contributed by atoms with E-state index in [1.54, 1.807) is 18.2 Å². The third-order valence-electron chi connectivity index (χ3n) is 3.57. The zero-order chi connectivity index (χ0) is 15.7. The number of ether oxygens (including phenoxy) is 1. The Bertz CT molecular complexity index is 766. The van der Waals surface area contributed by atoms with E-state index in [0.717, 1.165) is 5.56 Å². The van der Waals surface area contributed by atoms with Gasteiger partial charge in [0, 0.05) is 17.7 Å². The van der Waals surface area contributed by atoms with Gasteiger partial charge in [-0.15, -0.1) is 0 Å². The normalized spacial score (nSPS) is 16.5. The summed E-state index contributed by atoms with van der Waals surface area (Å²) in [7, 11) is 0. The summed E-state index contributed by atoms with van der Waals surface area (Å²) in [6.07, 6.45) is 0.269. The average molecular weight is 297 g/mol. The van der Waals surface area contributed by atoms with Gasteiger partial charge in [-0.25, -0.2) is 0 Å².